The number of rotatable bonds is 6. The molecule has 9 heteroatoms. The van der Waals surface area contributed by atoms with Crippen molar-refractivity contribution in [2.24, 2.45) is 7.05 Å². The Kier molecular flexibility index (Phi) is 5.40. The lowest BCUT2D eigenvalue weighted by atomic mass is 10.2. The molecule has 1 atom stereocenters. The molecule has 7 nitrogen and oxygen atoms in total. The lowest BCUT2D eigenvalue weighted by molar-refractivity contribution is 0.473. The molecule has 3 aromatic rings. The molecule has 144 valence electrons. The number of ether oxygens (including phenoxy) is 1. The van der Waals surface area contributed by atoms with Gasteiger partial charge in [-0.15, -0.1) is 0 Å². The molecule has 0 N–H and O–H groups in total. The zero-order valence-electron chi connectivity index (χ0n) is 16.0. The van der Waals surface area contributed by atoms with E-state index in [0.717, 1.165) is 28.5 Å². The lowest BCUT2D eigenvalue weighted by Gasteiger charge is -2.19. The molecule has 0 aliphatic rings. The maximum absolute atomic E-state index is 11.8. The largest absolute Gasteiger partial charge is 0.455 e. The number of aromatic nitrogens is 3. The molecule has 0 radical (unpaired) electrons. The van der Waals surface area contributed by atoms with Crippen molar-refractivity contribution >= 4 is 35.3 Å². The van der Waals surface area contributed by atoms with Gasteiger partial charge in [0.15, 0.2) is 14.9 Å². The van der Waals surface area contributed by atoms with Gasteiger partial charge in [-0.25, -0.2) is 18.4 Å². The first-order chi connectivity index (χ1) is 12.7. The first-order valence-corrected chi connectivity index (χ1v) is 11.8. The van der Waals surface area contributed by atoms with Crippen LogP contribution in [-0.4, -0.2) is 42.9 Å². The number of anilines is 1. The zero-order chi connectivity index (χ0) is 19.8. The minimum atomic E-state index is -3.36. The summed E-state index contributed by atoms with van der Waals surface area (Å²) in [5, 5.41) is 0.0568. The average Bonchev–Trinajstić information content (AvgIpc) is 3.01. The number of imidazole rings is 1. The van der Waals surface area contributed by atoms with Crippen molar-refractivity contribution in [1.82, 2.24) is 14.5 Å². The molecule has 27 heavy (non-hydrogen) atoms. The van der Waals surface area contributed by atoms with E-state index in [2.05, 4.69) is 21.3 Å². The first-order valence-electron chi connectivity index (χ1n) is 8.47. The molecule has 3 rings (SSSR count). The number of fused-ring (bicyclic) bond motifs is 1. The highest BCUT2D eigenvalue weighted by Gasteiger charge is 2.16. The molecule has 0 bridgehead atoms. The van der Waals surface area contributed by atoms with Crippen LogP contribution in [-0.2, 0) is 23.3 Å². The number of benzene rings is 1. The fourth-order valence-electron chi connectivity index (χ4n) is 2.78. The van der Waals surface area contributed by atoms with Gasteiger partial charge in [-0.2, -0.15) is 0 Å². The summed E-state index contributed by atoms with van der Waals surface area (Å²) < 4.78 is 33.7. The quantitative estimate of drug-likeness (QED) is 0.584. The minimum Gasteiger partial charge on any atom is -0.455 e. The van der Waals surface area contributed by atoms with Gasteiger partial charge in [-0.05, 0) is 33.4 Å². The van der Waals surface area contributed by atoms with Crippen molar-refractivity contribution in [3.05, 3.63) is 36.3 Å². The lowest BCUT2D eigenvalue weighted by Crippen LogP contribution is -2.05. The van der Waals surface area contributed by atoms with Crippen LogP contribution in [0.3, 0.4) is 0 Å². The predicted molar refractivity (Wildman–Crippen MR) is 110 cm³/mol. The summed E-state index contributed by atoms with van der Waals surface area (Å²) in [7, 11) is 1.19. The van der Waals surface area contributed by atoms with E-state index in [9.17, 15) is 8.42 Å². The van der Waals surface area contributed by atoms with Gasteiger partial charge >= 0.3 is 0 Å². The van der Waals surface area contributed by atoms with Gasteiger partial charge in [0.2, 0.25) is 0 Å². The van der Waals surface area contributed by atoms with E-state index in [1.165, 1.54) is 6.20 Å². The van der Waals surface area contributed by atoms with Crippen molar-refractivity contribution < 1.29 is 13.2 Å². The third-order valence-corrected chi connectivity index (χ3v) is 6.29. The number of pyridine rings is 1. The summed E-state index contributed by atoms with van der Waals surface area (Å²) >= 11 is 0. The third-order valence-electron chi connectivity index (χ3n) is 4.39. The van der Waals surface area contributed by atoms with Crippen LogP contribution in [0, 0.1) is 0 Å². The Morgan fingerprint density at radius 1 is 1.26 bits per heavy atom. The van der Waals surface area contributed by atoms with Crippen LogP contribution >= 0.6 is 8.73 Å². The third kappa shape index (κ3) is 3.92. The van der Waals surface area contributed by atoms with Crippen LogP contribution in [0.25, 0.3) is 11.0 Å². The minimum absolute atomic E-state index is 0.0568. The van der Waals surface area contributed by atoms with Gasteiger partial charge in [-0.3, -0.25) is 0 Å². The van der Waals surface area contributed by atoms with Gasteiger partial charge in [0.05, 0.1) is 23.7 Å². The van der Waals surface area contributed by atoms with Gasteiger partial charge in [0.1, 0.15) is 17.0 Å². The van der Waals surface area contributed by atoms with Crippen molar-refractivity contribution in [2.45, 2.75) is 18.4 Å². The highest BCUT2D eigenvalue weighted by molar-refractivity contribution is 7.90. The number of nitrogens with zero attached hydrogens (tertiary/aromatic N) is 4. The maximum Gasteiger partial charge on any atom is 0.192 e. The summed E-state index contributed by atoms with van der Waals surface area (Å²) in [6, 6.07) is 5.46. The van der Waals surface area contributed by atoms with Crippen LogP contribution < -0.4 is 9.41 Å². The normalized spacial score (nSPS) is 12.2. The SMILES string of the molecule is CCc1cc(S(C)(=O)=O)ncc1Oc1cc(N(C)PC)c2ncn(C)c2c1. The molecule has 1 unspecified atom stereocenters. The first kappa shape index (κ1) is 19.6. The van der Waals surface area contributed by atoms with Crippen LogP contribution in [0.15, 0.2) is 35.7 Å². The fraction of sp³-hybridized carbons (Fsp3) is 0.333. The molecule has 0 fully saturated rings. The highest BCUT2D eigenvalue weighted by Crippen LogP contribution is 2.36. The van der Waals surface area contributed by atoms with Crippen LogP contribution in [0.5, 0.6) is 11.5 Å². The second-order valence-electron chi connectivity index (χ2n) is 6.31. The molecule has 1 aromatic carbocycles. The molecule has 0 saturated heterocycles. The van der Waals surface area contributed by atoms with Crippen LogP contribution in [0.1, 0.15) is 12.5 Å². The molecular formula is C18H23N4O3PS. The zero-order valence-corrected chi connectivity index (χ0v) is 17.8. The highest BCUT2D eigenvalue weighted by atomic mass is 32.2. The van der Waals surface area contributed by atoms with E-state index in [0.29, 0.717) is 26.7 Å². The van der Waals surface area contributed by atoms with E-state index in [-0.39, 0.29) is 5.03 Å². The molecule has 0 saturated carbocycles. The van der Waals surface area contributed by atoms with Gasteiger partial charge in [0, 0.05) is 32.5 Å². The van der Waals surface area contributed by atoms with E-state index in [4.69, 9.17) is 4.74 Å². The number of aryl methyl sites for hydroxylation is 2. The maximum atomic E-state index is 11.8. The summed E-state index contributed by atoms with van der Waals surface area (Å²) in [5.74, 6) is 1.22. The Balaban J connectivity index is 2.08. The Morgan fingerprint density at radius 3 is 2.63 bits per heavy atom. The Bertz CT molecular complexity index is 1100. The number of hydrogen-bond donors (Lipinski definition) is 0. The summed E-state index contributed by atoms with van der Waals surface area (Å²) in [4.78, 5) is 8.56. The monoisotopic (exact) mass is 406 g/mol. The predicted octanol–water partition coefficient (Wildman–Crippen LogP) is 3.39. The Morgan fingerprint density at radius 2 is 2.00 bits per heavy atom. The molecule has 2 heterocycles. The van der Waals surface area contributed by atoms with Crippen molar-refractivity contribution in [1.29, 1.82) is 0 Å². The number of hydrogen-bond acceptors (Lipinski definition) is 6. The summed E-state index contributed by atoms with van der Waals surface area (Å²) in [6.45, 7) is 4.06. The van der Waals surface area contributed by atoms with Crippen molar-refractivity contribution in [2.75, 3.05) is 24.6 Å². The van der Waals surface area contributed by atoms with Gasteiger partial charge in [0.25, 0.3) is 0 Å². The van der Waals surface area contributed by atoms with E-state index in [1.54, 1.807) is 12.4 Å². The number of sulfone groups is 1. The van der Waals surface area contributed by atoms with Gasteiger partial charge < -0.3 is 14.0 Å². The van der Waals surface area contributed by atoms with E-state index < -0.39 is 9.84 Å². The molecule has 0 spiro atoms. The van der Waals surface area contributed by atoms with E-state index >= 15 is 0 Å². The topological polar surface area (TPSA) is 77.3 Å². The van der Waals surface area contributed by atoms with Crippen molar-refractivity contribution in [3.63, 3.8) is 0 Å². The van der Waals surface area contributed by atoms with Crippen LogP contribution in [0.2, 0.25) is 0 Å². The standard InChI is InChI=1S/C18H23N4O3PS/c1-6-12-7-17(27(5,23)24)19-10-16(12)25-13-8-14-18(20-11-21(14)2)15(9-13)22(3)26-4/h7-11,26H,6H2,1-5H3. The van der Waals surface area contributed by atoms with Gasteiger partial charge in [-0.1, -0.05) is 6.92 Å². The molecule has 0 aliphatic heterocycles. The van der Waals surface area contributed by atoms with E-state index in [1.807, 2.05) is 37.7 Å². The van der Waals surface area contributed by atoms with Crippen LogP contribution in [0.4, 0.5) is 5.69 Å². The molecule has 2 aromatic heterocycles. The Hall–Kier alpha value is -2.18. The molecular weight excluding hydrogens is 383 g/mol. The van der Waals surface area contributed by atoms with Crippen molar-refractivity contribution in [3.8, 4) is 11.5 Å². The fourth-order valence-corrected chi connectivity index (χ4v) is 3.79. The smallest absolute Gasteiger partial charge is 0.192 e. The Labute approximate surface area is 161 Å². The summed E-state index contributed by atoms with van der Waals surface area (Å²) in [6.07, 6.45) is 5.05. The average molecular weight is 406 g/mol. The second kappa shape index (κ2) is 7.44. The summed E-state index contributed by atoms with van der Waals surface area (Å²) in [5.41, 5.74) is 3.67. The molecule has 0 amide bonds. The molecule has 0 aliphatic carbocycles. The second-order valence-corrected chi connectivity index (χ2v) is 9.39.